The van der Waals surface area contributed by atoms with Crippen molar-refractivity contribution in [3.8, 4) is 33.8 Å². The minimum Gasteiger partial charge on any atom is -0.456 e. The summed E-state index contributed by atoms with van der Waals surface area (Å²) < 4.78 is 8.93. The van der Waals surface area contributed by atoms with Crippen molar-refractivity contribution in [2.45, 2.75) is 0 Å². The van der Waals surface area contributed by atoms with Gasteiger partial charge in [0, 0.05) is 48.7 Å². The highest BCUT2D eigenvalue weighted by molar-refractivity contribution is 7.26. The summed E-state index contributed by atoms with van der Waals surface area (Å²) in [6.07, 6.45) is 0. The van der Waals surface area contributed by atoms with Crippen molar-refractivity contribution >= 4 is 81.4 Å². The Morgan fingerprint density at radius 1 is 0.473 bits per heavy atom. The van der Waals surface area contributed by atoms with Crippen LogP contribution < -0.4 is 4.90 Å². The Morgan fingerprint density at radius 3 is 2.05 bits per heavy atom. The van der Waals surface area contributed by atoms with Crippen LogP contribution in [-0.2, 0) is 0 Å². The number of para-hydroxylation sites is 1. The number of anilines is 3. The van der Waals surface area contributed by atoms with Crippen molar-refractivity contribution in [2.24, 2.45) is 0 Å². The van der Waals surface area contributed by atoms with Crippen molar-refractivity contribution in [3.05, 3.63) is 188 Å². The van der Waals surface area contributed by atoms with Gasteiger partial charge in [0.15, 0.2) is 5.82 Å². The zero-order valence-electron chi connectivity index (χ0n) is 29.6. The van der Waals surface area contributed by atoms with Crippen molar-refractivity contribution in [1.29, 1.82) is 0 Å². The first-order valence-electron chi connectivity index (χ1n) is 18.4. The predicted molar refractivity (Wildman–Crippen MR) is 231 cm³/mol. The van der Waals surface area contributed by atoms with Crippen LogP contribution in [0, 0.1) is 0 Å². The van der Waals surface area contributed by atoms with E-state index in [1.54, 1.807) is 11.3 Å². The lowest BCUT2D eigenvalue weighted by Gasteiger charge is -2.27. The first-order chi connectivity index (χ1) is 27.3. The Hall–Kier alpha value is -7.08. The summed E-state index contributed by atoms with van der Waals surface area (Å²) in [5.41, 5.74) is 11.1. The van der Waals surface area contributed by atoms with Gasteiger partial charge in [-0.1, -0.05) is 133 Å². The van der Waals surface area contributed by atoms with E-state index in [1.807, 2.05) is 18.2 Å². The number of aromatic nitrogens is 2. The molecule has 0 aliphatic rings. The largest absolute Gasteiger partial charge is 0.456 e. The van der Waals surface area contributed by atoms with Crippen molar-refractivity contribution in [2.75, 3.05) is 4.90 Å². The maximum absolute atomic E-state index is 6.63. The molecule has 0 saturated carbocycles. The third kappa shape index (κ3) is 5.28. The molecule has 0 amide bonds. The number of nitrogens with zero attached hydrogens (tertiary/aromatic N) is 3. The molecule has 0 aliphatic carbocycles. The molecule has 0 aliphatic heterocycles. The van der Waals surface area contributed by atoms with Gasteiger partial charge in [-0.3, -0.25) is 0 Å². The summed E-state index contributed by atoms with van der Waals surface area (Å²) in [7, 11) is 0. The molecule has 11 rings (SSSR count). The van der Waals surface area contributed by atoms with Gasteiger partial charge in [0.05, 0.1) is 21.6 Å². The van der Waals surface area contributed by atoms with Gasteiger partial charge >= 0.3 is 0 Å². The maximum Gasteiger partial charge on any atom is 0.161 e. The van der Waals surface area contributed by atoms with Crippen LogP contribution in [0.1, 0.15) is 0 Å². The Bertz CT molecular complexity index is 3220. The molecule has 0 bridgehead atoms. The first kappa shape index (κ1) is 31.4. The summed E-state index contributed by atoms with van der Waals surface area (Å²) in [6, 6.07) is 66.1. The van der Waals surface area contributed by atoms with Gasteiger partial charge in [-0.2, -0.15) is 0 Å². The maximum atomic E-state index is 6.63. The average Bonchev–Trinajstić information content (AvgIpc) is 3.82. The summed E-state index contributed by atoms with van der Waals surface area (Å²) in [4.78, 5) is 12.9. The summed E-state index contributed by atoms with van der Waals surface area (Å²) in [5, 5.41) is 5.60. The zero-order valence-corrected chi connectivity index (χ0v) is 30.4. The van der Waals surface area contributed by atoms with E-state index in [1.165, 1.54) is 15.5 Å². The molecule has 0 atom stereocenters. The number of furan rings is 1. The molecular formula is C50H31N3OS. The SMILES string of the molecule is c1ccc(-c2nc(-c3cccc4oc5cc(-c6cccc(N(c7ccccc7)c7cccc8ccccc78)c6)ccc5c34)nc3c2sc2ccccc23)cc1. The van der Waals surface area contributed by atoms with Gasteiger partial charge in [0.2, 0.25) is 0 Å². The highest BCUT2D eigenvalue weighted by Gasteiger charge is 2.21. The second kappa shape index (κ2) is 12.8. The van der Waals surface area contributed by atoms with Crippen molar-refractivity contribution < 1.29 is 4.42 Å². The number of fused-ring (bicyclic) bond motifs is 7. The second-order valence-electron chi connectivity index (χ2n) is 13.7. The van der Waals surface area contributed by atoms with Crippen LogP contribution in [0.5, 0.6) is 0 Å². The Morgan fingerprint density at radius 2 is 1.16 bits per heavy atom. The number of hydrogen-bond donors (Lipinski definition) is 0. The van der Waals surface area contributed by atoms with E-state index >= 15 is 0 Å². The molecule has 4 nitrogen and oxygen atoms in total. The van der Waals surface area contributed by atoms with E-state index in [0.29, 0.717) is 5.82 Å². The lowest BCUT2D eigenvalue weighted by molar-refractivity contribution is 0.669. The molecule has 0 unspecified atom stereocenters. The average molecular weight is 722 g/mol. The molecule has 258 valence electrons. The van der Waals surface area contributed by atoms with E-state index in [0.717, 1.165) is 82.6 Å². The molecule has 0 radical (unpaired) electrons. The number of hydrogen-bond acceptors (Lipinski definition) is 5. The van der Waals surface area contributed by atoms with Crippen LogP contribution >= 0.6 is 11.3 Å². The fourth-order valence-corrected chi connectivity index (χ4v) is 9.08. The van der Waals surface area contributed by atoms with Crippen LogP contribution in [-0.4, -0.2) is 9.97 Å². The van der Waals surface area contributed by atoms with E-state index in [-0.39, 0.29) is 0 Å². The van der Waals surface area contributed by atoms with Crippen LogP contribution in [0.25, 0.3) is 86.8 Å². The quantitative estimate of drug-likeness (QED) is 0.171. The minimum absolute atomic E-state index is 0.689. The lowest BCUT2D eigenvalue weighted by Crippen LogP contribution is -2.10. The van der Waals surface area contributed by atoms with Crippen LogP contribution in [0.4, 0.5) is 17.1 Å². The van der Waals surface area contributed by atoms with E-state index in [4.69, 9.17) is 14.4 Å². The predicted octanol–water partition coefficient (Wildman–Crippen LogP) is 14.4. The molecule has 3 aromatic heterocycles. The molecule has 5 heteroatoms. The smallest absolute Gasteiger partial charge is 0.161 e. The molecule has 0 fully saturated rings. The molecule has 11 aromatic rings. The standard InChI is InChI=1S/C50H31N3OS/c1-3-15-33(16-4-1)47-49-48(40-23-9-10-27-45(40)55-49)52-50(51-47)41-24-13-26-43-46(41)39-29-28-35(31-44(39)54-43)34-18-11-21-37(30-34)53(36-19-5-2-6-20-36)42-25-12-17-32-14-7-8-22-38(32)42/h1-31H. The van der Waals surface area contributed by atoms with E-state index < -0.39 is 0 Å². The monoisotopic (exact) mass is 721 g/mol. The van der Waals surface area contributed by atoms with Crippen molar-refractivity contribution in [3.63, 3.8) is 0 Å². The van der Waals surface area contributed by atoms with Crippen molar-refractivity contribution in [1.82, 2.24) is 9.97 Å². The zero-order chi connectivity index (χ0) is 36.3. The van der Waals surface area contributed by atoms with Crippen LogP contribution in [0.2, 0.25) is 0 Å². The summed E-state index contributed by atoms with van der Waals surface area (Å²) in [5.74, 6) is 0.689. The molecule has 8 aromatic carbocycles. The molecule has 3 heterocycles. The second-order valence-corrected chi connectivity index (χ2v) is 14.8. The fraction of sp³-hybridized carbons (Fsp3) is 0. The molecular weight excluding hydrogens is 691 g/mol. The summed E-state index contributed by atoms with van der Waals surface area (Å²) >= 11 is 1.75. The van der Waals surface area contributed by atoms with E-state index in [9.17, 15) is 0 Å². The fourth-order valence-electron chi connectivity index (χ4n) is 7.93. The Balaban J connectivity index is 1.05. The third-order valence-corrected chi connectivity index (χ3v) is 11.6. The molecule has 55 heavy (non-hydrogen) atoms. The number of rotatable bonds is 6. The highest BCUT2D eigenvalue weighted by Crippen LogP contribution is 2.44. The minimum atomic E-state index is 0.689. The highest BCUT2D eigenvalue weighted by atomic mass is 32.1. The van der Waals surface area contributed by atoms with Gasteiger partial charge in [0.25, 0.3) is 0 Å². The van der Waals surface area contributed by atoms with Gasteiger partial charge in [-0.05, 0) is 71.1 Å². The van der Waals surface area contributed by atoms with Crippen LogP contribution in [0.3, 0.4) is 0 Å². The molecule has 0 N–H and O–H groups in total. The normalized spacial score (nSPS) is 11.6. The van der Waals surface area contributed by atoms with Gasteiger partial charge in [-0.15, -0.1) is 11.3 Å². The Kier molecular flexibility index (Phi) is 7.32. The number of benzene rings is 8. The van der Waals surface area contributed by atoms with Crippen LogP contribution in [0.15, 0.2) is 192 Å². The molecule has 0 saturated heterocycles. The van der Waals surface area contributed by atoms with E-state index in [2.05, 4.69) is 175 Å². The van der Waals surface area contributed by atoms with Gasteiger partial charge in [-0.25, -0.2) is 9.97 Å². The topological polar surface area (TPSA) is 42.2 Å². The lowest BCUT2D eigenvalue weighted by atomic mass is 10.00. The third-order valence-electron chi connectivity index (χ3n) is 10.5. The molecule has 0 spiro atoms. The first-order valence-corrected chi connectivity index (χ1v) is 19.2. The van der Waals surface area contributed by atoms with Gasteiger partial charge < -0.3 is 9.32 Å². The summed E-state index contributed by atoms with van der Waals surface area (Å²) in [6.45, 7) is 0. The number of thiophene rings is 1. The van der Waals surface area contributed by atoms with Gasteiger partial charge in [0.1, 0.15) is 11.2 Å². The Labute approximate surface area is 321 Å².